The summed E-state index contributed by atoms with van der Waals surface area (Å²) in [6.45, 7) is 0.419. The zero-order valence-electron chi connectivity index (χ0n) is 9.55. The molecule has 0 aliphatic heterocycles. The van der Waals surface area contributed by atoms with Gasteiger partial charge in [0.25, 0.3) is 0 Å². The predicted molar refractivity (Wildman–Crippen MR) is 53.6 cm³/mol. The highest BCUT2D eigenvalue weighted by Gasteiger charge is 2.68. The molecule has 2 nitrogen and oxygen atoms in total. The first-order chi connectivity index (χ1) is 8.04. The van der Waals surface area contributed by atoms with Crippen LogP contribution in [0.3, 0.4) is 0 Å². The van der Waals surface area contributed by atoms with Crippen molar-refractivity contribution in [1.29, 1.82) is 0 Å². The molecule has 1 aromatic rings. The third kappa shape index (κ3) is 2.27. The van der Waals surface area contributed by atoms with E-state index in [2.05, 4.69) is 0 Å². The van der Waals surface area contributed by atoms with E-state index in [1.54, 1.807) is 0 Å². The van der Waals surface area contributed by atoms with Gasteiger partial charge in [0.15, 0.2) is 5.60 Å². The van der Waals surface area contributed by atoms with Crippen molar-refractivity contribution in [3.05, 3.63) is 29.8 Å². The molecule has 18 heavy (non-hydrogen) atoms. The van der Waals surface area contributed by atoms with E-state index in [1.165, 1.54) is 19.2 Å². The molecule has 0 radical (unpaired) electrons. The Morgan fingerprint density at radius 3 is 1.78 bits per heavy atom. The van der Waals surface area contributed by atoms with Crippen LogP contribution in [-0.4, -0.2) is 24.3 Å². The van der Waals surface area contributed by atoms with Gasteiger partial charge in [-0.3, -0.25) is 0 Å². The molecule has 0 bridgehead atoms. The molecule has 1 atom stereocenters. The molecular weight excluding hydrogens is 259 g/mol. The second-order valence-corrected chi connectivity index (χ2v) is 3.87. The minimum atomic E-state index is -5.84. The van der Waals surface area contributed by atoms with Crippen molar-refractivity contribution in [1.82, 2.24) is 0 Å². The number of halogens is 5. The summed E-state index contributed by atoms with van der Waals surface area (Å²) in [5, 5.41) is 9.50. The largest absolute Gasteiger partial charge is 0.497 e. The van der Waals surface area contributed by atoms with E-state index in [-0.39, 0.29) is 5.75 Å². The van der Waals surface area contributed by atoms with Crippen molar-refractivity contribution >= 4 is 0 Å². The molecule has 0 heterocycles. The van der Waals surface area contributed by atoms with E-state index < -0.39 is 23.3 Å². The van der Waals surface area contributed by atoms with Gasteiger partial charge >= 0.3 is 12.1 Å². The Morgan fingerprint density at radius 2 is 1.44 bits per heavy atom. The second kappa shape index (κ2) is 4.38. The highest BCUT2D eigenvalue weighted by Crippen LogP contribution is 2.48. The topological polar surface area (TPSA) is 29.5 Å². The quantitative estimate of drug-likeness (QED) is 0.855. The van der Waals surface area contributed by atoms with E-state index in [9.17, 15) is 27.1 Å². The standard InChI is InChI=1S/C11H11F5O2/c1-9(17,10(12,13)11(14,15)16)7-3-5-8(18-2)6-4-7/h3-6,17H,1-2H3. The summed E-state index contributed by atoms with van der Waals surface area (Å²) < 4.78 is 67.8. The Hall–Kier alpha value is -1.37. The lowest BCUT2D eigenvalue weighted by Crippen LogP contribution is -2.53. The molecule has 1 aromatic carbocycles. The molecule has 102 valence electrons. The van der Waals surface area contributed by atoms with Crippen molar-refractivity contribution in [3.63, 3.8) is 0 Å². The predicted octanol–water partition coefficient (Wildman–Crippen LogP) is 3.10. The van der Waals surface area contributed by atoms with Crippen LogP contribution < -0.4 is 4.74 Å². The third-order valence-electron chi connectivity index (χ3n) is 2.62. The van der Waals surface area contributed by atoms with Crippen LogP contribution in [0.2, 0.25) is 0 Å². The van der Waals surface area contributed by atoms with Gasteiger partial charge in [0.05, 0.1) is 7.11 Å². The number of alkyl halides is 5. The van der Waals surface area contributed by atoms with Crippen LogP contribution in [0.4, 0.5) is 22.0 Å². The number of aliphatic hydroxyl groups is 1. The molecule has 0 aliphatic carbocycles. The van der Waals surface area contributed by atoms with Crippen molar-refractivity contribution in [2.24, 2.45) is 0 Å². The molecule has 7 heteroatoms. The van der Waals surface area contributed by atoms with Gasteiger partial charge in [-0.2, -0.15) is 22.0 Å². The second-order valence-electron chi connectivity index (χ2n) is 3.87. The van der Waals surface area contributed by atoms with Crippen molar-refractivity contribution in [2.45, 2.75) is 24.6 Å². The van der Waals surface area contributed by atoms with Gasteiger partial charge in [-0.25, -0.2) is 0 Å². The number of hydrogen-bond donors (Lipinski definition) is 1. The molecule has 0 amide bonds. The lowest BCUT2D eigenvalue weighted by molar-refractivity contribution is -0.342. The Balaban J connectivity index is 3.19. The highest BCUT2D eigenvalue weighted by atomic mass is 19.4. The van der Waals surface area contributed by atoms with E-state index in [4.69, 9.17) is 4.74 Å². The summed E-state index contributed by atoms with van der Waals surface area (Å²) in [5.41, 5.74) is -3.90. The minimum absolute atomic E-state index is 0.282. The smallest absolute Gasteiger partial charge is 0.456 e. The first kappa shape index (κ1) is 14.7. The van der Waals surface area contributed by atoms with Gasteiger partial charge in [-0.1, -0.05) is 12.1 Å². The van der Waals surface area contributed by atoms with Crippen molar-refractivity contribution in [2.75, 3.05) is 7.11 Å². The monoisotopic (exact) mass is 270 g/mol. The lowest BCUT2D eigenvalue weighted by atomic mass is 9.89. The van der Waals surface area contributed by atoms with Gasteiger partial charge < -0.3 is 9.84 Å². The zero-order chi connectivity index (χ0) is 14.2. The van der Waals surface area contributed by atoms with Gasteiger partial charge in [0.2, 0.25) is 0 Å². The fourth-order valence-corrected chi connectivity index (χ4v) is 1.37. The number of methoxy groups -OCH3 is 1. The first-order valence-corrected chi connectivity index (χ1v) is 4.85. The first-order valence-electron chi connectivity index (χ1n) is 4.85. The van der Waals surface area contributed by atoms with Crippen LogP contribution in [0.5, 0.6) is 5.75 Å². The molecule has 0 saturated carbocycles. The normalized spacial score (nSPS) is 16.2. The van der Waals surface area contributed by atoms with E-state index in [1.807, 2.05) is 0 Å². The molecule has 1 rings (SSSR count). The molecular formula is C11H11F5O2. The molecule has 0 fully saturated rings. The highest BCUT2D eigenvalue weighted by molar-refractivity contribution is 5.32. The van der Waals surface area contributed by atoms with Crippen molar-refractivity contribution in [3.8, 4) is 5.75 Å². The Kier molecular flexibility index (Phi) is 3.58. The van der Waals surface area contributed by atoms with Crippen molar-refractivity contribution < 1.29 is 31.8 Å². The zero-order valence-corrected chi connectivity index (χ0v) is 9.55. The molecule has 0 aromatic heterocycles. The lowest BCUT2D eigenvalue weighted by Gasteiger charge is -2.34. The average Bonchev–Trinajstić information content (AvgIpc) is 2.27. The van der Waals surface area contributed by atoms with Gasteiger partial charge in [0.1, 0.15) is 5.75 Å². The Bertz CT molecular complexity index is 408. The van der Waals surface area contributed by atoms with Crippen LogP contribution in [-0.2, 0) is 5.60 Å². The maximum atomic E-state index is 13.2. The van der Waals surface area contributed by atoms with Crippen LogP contribution in [0.25, 0.3) is 0 Å². The van der Waals surface area contributed by atoms with Gasteiger partial charge in [-0.05, 0) is 24.6 Å². The minimum Gasteiger partial charge on any atom is -0.497 e. The number of benzene rings is 1. The van der Waals surface area contributed by atoms with Gasteiger partial charge in [0, 0.05) is 0 Å². The maximum Gasteiger partial charge on any atom is 0.456 e. The summed E-state index contributed by atoms with van der Waals surface area (Å²) in [5.74, 6) is -4.97. The molecule has 0 saturated heterocycles. The molecule has 0 aliphatic rings. The van der Waals surface area contributed by atoms with Crippen LogP contribution in [0.15, 0.2) is 24.3 Å². The fraction of sp³-hybridized carbons (Fsp3) is 0.455. The summed E-state index contributed by atoms with van der Waals surface area (Å²) in [6.07, 6.45) is -5.84. The summed E-state index contributed by atoms with van der Waals surface area (Å²) in [6, 6.07) is 4.30. The van der Waals surface area contributed by atoms with Crippen LogP contribution in [0, 0.1) is 0 Å². The van der Waals surface area contributed by atoms with Gasteiger partial charge in [-0.15, -0.1) is 0 Å². The summed E-state index contributed by atoms with van der Waals surface area (Å²) in [4.78, 5) is 0. The molecule has 1 unspecified atom stereocenters. The number of rotatable bonds is 3. The van der Waals surface area contributed by atoms with E-state index >= 15 is 0 Å². The fourth-order valence-electron chi connectivity index (χ4n) is 1.37. The summed E-state index contributed by atoms with van der Waals surface area (Å²) in [7, 11) is 1.32. The SMILES string of the molecule is COc1ccc(C(C)(O)C(F)(F)C(F)(F)F)cc1. The van der Waals surface area contributed by atoms with E-state index in [0.717, 1.165) is 12.1 Å². The van der Waals surface area contributed by atoms with E-state index in [0.29, 0.717) is 6.92 Å². The van der Waals surface area contributed by atoms with Crippen LogP contribution in [0.1, 0.15) is 12.5 Å². The number of hydrogen-bond acceptors (Lipinski definition) is 2. The maximum absolute atomic E-state index is 13.2. The number of ether oxygens (including phenoxy) is 1. The Labute approximate surface area is 100.0 Å². The average molecular weight is 270 g/mol. The molecule has 0 spiro atoms. The Morgan fingerprint density at radius 1 is 1.00 bits per heavy atom. The molecule has 1 N–H and O–H groups in total. The summed E-state index contributed by atoms with van der Waals surface area (Å²) >= 11 is 0. The third-order valence-corrected chi connectivity index (χ3v) is 2.62. The van der Waals surface area contributed by atoms with Crippen LogP contribution >= 0.6 is 0 Å².